The van der Waals surface area contributed by atoms with Crippen molar-refractivity contribution in [1.82, 2.24) is 0 Å². The molecule has 2 fully saturated rings. The van der Waals surface area contributed by atoms with Gasteiger partial charge in [-0.15, -0.1) is 0 Å². The van der Waals surface area contributed by atoms with Gasteiger partial charge in [-0.3, -0.25) is 4.79 Å². The molecule has 4 aliphatic carbocycles. The molecule has 3 nitrogen and oxygen atoms in total. The van der Waals surface area contributed by atoms with Gasteiger partial charge < -0.3 is 9.84 Å². The minimum Gasteiger partial charge on any atom is -0.501 e. The number of ketones is 1. The fourth-order valence-electron chi connectivity index (χ4n) is 6.51. The SMILES string of the molecule is COC1=CC2=CC[C@H]3[C@@H]4CC(C)C(=O)[C@@]4(C)CC[C@@]3(O)[C@@]2(C)CC1. The van der Waals surface area contributed by atoms with Crippen LogP contribution in [0.1, 0.15) is 59.3 Å². The highest BCUT2D eigenvalue weighted by Crippen LogP contribution is 2.66. The molecule has 0 aromatic carbocycles. The largest absolute Gasteiger partial charge is 0.501 e. The van der Waals surface area contributed by atoms with Gasteiger partial charge >= 0.3 is 0 Å². The molecule has 0 bridgehead atoms. The zero-order valence-electron chi connectivity index (χ0n) is 15.4. The summed E-state index contributed by atoms with van der Waals surface area (Å²) in [4.78, 5) is 12.8. The third-order valence-electron chi connectivity index (χ3n) is 8.20. The number of carbonyl (C=O) groups excluding carboxylic acids is 1. The van der Waals surface area contributed by atoms with Crippen molar-refractivity contribution in [2.45, 2.75) is 64.9 Å². The van der Waals surface area contributed by atoms with E-state index in [1.165, 1.54) is 5.57 Å². The predicted octanol–water partition coefficient (Wildman–Crippen LogP) is 4.02. The number of fused-ring (bicyclic) bond motifs is 5. The third-order valence-corrected chi connectivity index (χ3v) is 8.20. The molecule has 3 heteroatoms. The molecule has 0 saturated heterocycles. The molecule has 132 valence electrons. The molecule has 2 saturated carbocycles. The molecule has 0 heterocycles. The summed E-state index contributed by atoms with van der Waals surface area (Å²) >= 11 is 0. The van der Waals surface area contributed by atoms with Gasteiger partial charge in [-0.25, -0.2) is 0 Å². The molecule has 0 aliphatic heterocycles. The van der Waals surface area contributed by atoms with E-state index >= 15 is 0 Å². The highest BCUT2D eigenvalue weighted by molar-refractivity contribution is 5.89. The summed E-state index contributed by atoms with van der Waals surface area (Å²) in [5.41, 5.74) is 0.112. The normalized spacial score (nSPS) is 50.4. The van der Waals surface area contributed by atoms with Crippen LogP contribution < -0.4 is 0 Å². The zero-order chi connectivity index (χ0) is 17.3. The van der Waals surface area contributed by atoms with Crippen LogP contribution in [0.4, 0.5) is 0 Å². The quantitative estimate of drug-likeness (QED) is 0.790. The number of methoxy groups -OCH3 is 1. The van der Waals surface area contributed by atoms with Crippen molar-refractivity contribution in [3.63, 3.8) is 0 Å². The maximum atomic E-state index is 12.8. The number of ether oxygens (including phenoxy) is 1. The van der Waals surface area contributed by atoms with E-state index in [9.17, 15) is 9.90 Å². The van der Waals surface area contributed by atoms with Gasteiger partial charge in [-0.1, -0.05) is 26.8 Å². The average Bonchev–Trinajstić information content (AvgIpc) is 2.79. The first-order chi connectivity index (χ1) is 11.3. The Balaban J connectivity index is 1.78. The molecule has 4 rings (SSSR count). The first-order valence-corrected chi connectivity index (χ1v) is 9.48. The number of Topliss-reactive ketones (excluding diaryl/α,β-unsaturated/α-hetero) is 1. The van der Waals surface area contributed by atoms with Crippen molar-refractivity contribution in [2.24, 2.45) is 28.6 Å². The lowest BCUT2D eigenvalue weighted by atomic mass is 9.46. The monoisotopic (exact) mass is 330 g/mol. The Morgan fingerprint density at radius 2 is 1.96 bits per heavy atom. The van der Waals surface area contributed by atoms with Crippen molar-refractivity contribution < 1.29 is 14.6 Å². The summed E-state index contributed by atoms with van der Waals surface area (Å²) < 4.78 is 5.46. The van der Waals surface area contributed by atoms with Crippen LogP contribution in [0.25, 0.3) is 0 Å². The Labute approximate surface area is 145 Å². The van der Waals surface area contributed by atoms with Crippen molar-refractivity contribution >= 4 is 5.78 Å². The lowest BCUT2D eigenvalue weighted by Gasteiger charge is -2.60. The molecule has 1 unspecified atom stereocenters. The van der Waals surface area contributed by atoms with Crippen LogP contribution in [0, 0.1) is 28.6 Å². The average molecular weight is 330 g/mol. The van der Waals surface area contributed by atoms with Crippen molar-refractivity contribution in [1.29, 1.82) is 0 Å². The molecule has 0 amide bonds. The Morgan fingerprint density at radius 3 is 2.67 bits per heavy atom. The number of allylic oxidation sites excluding steroid dienone is 3. The van der Waals surface area contributed by atoms with Crippen LogP contribution in [0.2, 0.25) is 0 Å². The van der Waals surface area contributed by atoms with Crippen LogP contribution in [0.3, 0.4) is 0 Å². The van der Waals surface area contributed by atoms with E-state index in [0.29, 0.717) is 11.7 Å². The molecule has 1 N–H and O–H groups in total. The minimum atomic E-state index is -0.693. The maximum absolute atomic E-state index is 12.8. The van der Waals surface area contributed by atoms with Crippen LogP contribution in [0.15, 0.2) is 23.5 Å². The number of hydrogen-bond donors (Lipinski definition) is 1. The third kappa shape index (κ3) is 1.80. The van der Waals surface area contributed by atoms with E-state index in [1.54, 1.807) is 7.11 Å². The van der Waals surface area contributed by atoms with Crippen LogP contribution in [-0.2, 0) is 9.53 Å². The highest BCUT2D eigenvalue weighted by Gasteiger charge is 2.66. The van der Waals surface area contributed by atoms with Gasteiger partial charge in [-0.05, 0) is 55.6 Å². The van der Waals surface area contributed by atoms with Crippen molar-refractivity contribution in [3.8, 4) is 0 Å². The number of aliphatic hydroxyl groups is 1. The van der Waals surface area contributed by atoms with Crippen LogP contribution in [0.5, 0.6) is 0 Å². The van der Waals surface area contributed by atoms with Gasteiger partial charge in [0.2, 0.25) is 0 Å². The molecule has 0 radical (unpaired) electrons. The van der Waals surface area contributed by atoms with E-state index in [0.717, 1.165) is 44.3 Å². The summed E-state index contributed by atoms with van der Waals surface area (Å²) in [7, 11) is 1.73. The van der Waals surface area contributed by atoms with Crippen molar-refractivity contribution in [2.75, 3.05) is 7.11 Å². The summed E-state index contributed by atoms with van der Waals surface area (Å²) in [5.74, 6) is 2.12. The summed E-state index contributed by atoms with van der Waals surface area (Å²) in [6.45, 7) is 6.47. The molecule has 6 atom stereocenters. The molecule has 4 aliphatic rings. The lowest BCUT2D eigenvalue weighted by molar-refractivity contribution is -0.178. The highest BCUT2D eigenvalue weighted by atomic mass is 16.5. The first kappa shape index (κ1) is 16.4. The molecule has 0 aromatic heterocycles. The fourth-order valence-corrected chi connectivity index (χ4v) is 6.51. The first-order valence-electron chi connectivity index (χ1n) is 9.48. The number of carbonyl (C=O) groups is 1. The van der Waals surface area contributed by atoms with E-state index in [2.05, 4.69) is 32.9 Å². The Bertz CT molecular complexity index is 647. The van der Waals surface area contributed by atoms with Gasteiger partial charge in [0, 0.05) is 23.2 Å². The second kappa shape index (κ2) is 4.97. The summed E-state index contributed by atoms with van der Waals surface area (Å²) in [5, 5.41) is 11.9. The van der Waals surface area contributed by atoms with E-state index < -0.39 is 5.60 Å². The van der Waals surface area contributed by atoms with Gasteiger partial charge in [0.25, 0.3) is 0 Å². The molecule has 0 spiro atoms. The van der Waals surface area contributed by atoms with Gasteiger partial charge in [0.1, 0.15) is 5.78 Å². The molecule has 0 aromatic rings. The van der Waals surface area contributed by atoms with E-state index in [4.69, 9.17) is 4.74 Å². The van der Waals surface area contributed by atoms with Gasteiger partial charge in [-0.2, -0.15) is 0 Å². The Morgan fingerprint density at radius 1 is 1.21 bits per heavy atom. The molecular weight excluding hydrogens is 300 g/mol. The van der Waals surface area contributed by atoms with Crippen LogP contribution in [-0.4, -0.2) is 23.6 Å². The standard InChI is InChI=1S/C21H30O3/c1-13-11-17-16-6-5-14-12-15(24-4)7-8-20(14,3)21(16,23)10-9-19(17,2)18(13)22/h5,12-13,16-17,23H,6-11H2,1-4H3/t13?,16-,17-,19-,20-,21-/m0/s1. The topological polar surface area (TPSA) is 46.5 Å². The number of hydrogen-bond acceptors (Lipinski definition) is 3. The summed E-state index contributed by atoms with van der Waals surface area (Å²) in [6, 6.07) is 0. The van der Waals surface area contributed by atoms with E-state index in [1.807, 2.05) is 0 Å². The summed E-state index contributed by atoms with van der Waals surface area (Å²) in [6.07, 6.45) is 9.68. The lowest BCUT2D eigenvalue weighted by Crippen LogP contribution is -2.62. The number of rotatable bonds is 1. The maximum Gasteiger partial charge on any atom is 0.141 e. The van der Waals surface area contributed by atoms with Gasteiger partial charge in [0.05, 0.1) is 18.5 Å². The Hall–Kier alpha value is -1.09. The predicted molar refractivity (Wildman–Crippen MR) is 93.2 cm³/mol. The zero-order valence-corrected chi connectivity index (χ0v) is 15.4. The second-order valence-electron chi connectivity index (χ2n) is 9.10. The molecular formula is C21H30O3. The minimum absolute atomic E-state index is 0.145. The fraction of sp³-hybridized carbons (Fsp3) is 0.762. The smallest absolute Gasteiger partial charge is 0.141 e. The van der Waals surface area contributed by atoms with Crippen molar-refractivity contribution in [3.05, 3.63) is 23.5 Å². The Kier molecular flexibility index (Phi) is 3.39. The molecule has 24 heavy (non-hydrogen) atoms. The van der Waals surface area contributed by atoms with Gasteiger partial charge in [0.15, 0.2) is 0 Å². The van der Waals surface area contributed by atoms with Crippen LogP contribution >= 0.6 is 0 Å². The van der Waals surface area contributed by atoms with E-state index in [-0.39, 0.29) is 22.7 Å². The second-order valence-corrected chi connectivity index (χ2v) is 9.10.